The van der Waals surface area contributed by atoms with Gasteiger partial charge in [0.05, 0.1) is 23.4 Å². The molecular weight excluding hydrogens is 350 g/mol. The van der Waals surface area contributed by atoms with E-state index in [1.54, 1.807) is 11.6 Å². The molecule has 0 saturated carbocycles. The summed E-state index contributed by atoms with van der Waals surface area (Å²) in [5, 5.41) is 14.1. The number of rotatable bonds is 4. The minimum atomic E-state index is -0.440. The number of para-hydroxylation sites is 2. The lowest BCUT2D eigenvalue weighted by Crippen LogP contribution is -2.35. The highest BCUT2D eigenvalue weighted by Crippen LogP contribution is 2.28. The minimum absolute atomic E-state index is 0.0205. The van der Waals surface area contributed by atoms with E-state index >= 15 is 0 Å². The summed E-state index contributed by atoms with van der Waals surface area (Å²) in [7, 11) is 0. The number of hydrogen-bond donors (Lipinski definition) is 1. The van der Waals surface area contributed by atoms with E-state index in [1.165, 1.54) is 16.8 Å². The van der Waals surface area contributed by atoms with Crippen molar-refractivity contribution in [1.82, 2.24) is 9.58 Å². The van der Waals surface area contributed by atoms with E-state index in [4.69, 9.17) is 10.1 Å². The van der Waals surface area contributed by atoms with Gasteiger partial charge in [0.2, 0.25) is 0 Å². The fraction of sp³-hybridized carbons (Fsp3) is 0.111. The van der Waals surface area contributed by atoms with E-state index < -0.39 is 5.91 Å². The molecule has 0 saturated heterocycles. The molecule has 26 heavy (non-hydrogen) atoms. The zero-order valence-corrected chi connectivity index (χ0v) is 14.7. The van der Waals surface area contributed by atoms with Crippen LogP contribution < -0.4 is 4.74 Å². The van der Waals surface area contributed by atoms with Crippen molar-refractivity contribution in [3.63, 3.8) is 0 Å². The number of amidine groups is 2. The third-order valence-electron chi connectivity index (χ3n) is 3.89. The molecule has 2 aliphatic heterocycles. The van der Waals surface area contributed by atoms with Crippen molar-refractivity contribution in [1.29, 1.82) is 5.41 Å². The van der Waals surface area contributed by atoms with Crippen molar-refractivity contribution in [2.45, 2.75) is 6.92 Å². The Hall–Kier alpha value is -3.13. The molecule has 4 rings (SSSR count). The van der Waals surface area contributed by atoms with Gasteiger partial charge in [-0.05, 0) is 49.0 Å². The number of nitrogens with one attached hydrogen (secondary N) is 1. The Morgan fingerprint density at radius 3 is 2.96 bits per heavy atom. The second-order valence-corrected chi connectivity index (χ2v) is 6.27. The maximum absolute atomic E-state index is 12.4. The normalized spacial score (nSPS) is 17.7. The second-order valence-electron chi connectivity index (χ2n) is 5.46. The molecule has 1 N–H and O–H groups in total. The van der Waals surface area contributed by atoms with Gasteiger partial charge in [-0.15, -0.1) is 0 Å². The highest BCUT2D eigenvalue weighted by atomic mass is 32.2. The lowest BCUT2D eigenvalue weighted by atomic mass is 10.1. The number of fused-ring (bicyclic) bond motifs is 1. The second kappa shape index (κ2) is 6.64. The van der Waals surface area contributed by atoms with Gasteiger partial charge < -0.3 is 9.30 Å². The Balaban J connectivity index is 1.77. The van der Waals surface area contributed by atoms with Crippen LogP contribution in [0.5, 0.6) is 5.75 Å². The summed E-state index contributed by atoms with van der Waals surface area (Å²) in [4.78, 5) is 16.4. The summed E-state index contributed by atoms with van der Waals surface area (Å²) in [5.41, 5.74) is 3.37. The van der Waals surface area contributed by atoms with Crippen LogP contribution >= 0.6 is 11.8 Å². The number of hydrogen-bond acceptors (Lipinski definition) is 5. The third-order valence-corrected chi connectivity index (χ3v) is 4.57. The Morgan fingerprint density at radius 1 is 1.27 bits per heavy atom. The average Bonchev–Trinajstić information content (AvgIpc) is 3.28. The predicted octanol–water partition coefficient (Wildman–Crippen LogP) is 3.12. The zero-order chi connectivity index (χ0) is 18.1. The molecule has 1 aromatic carbocycles. The Labute approximate surface area is 154 Å². The van der Waals surface area contributed by atoms with E-state index in [2.05, 4.69) is 10.1 Å². The highest BCUT2D eigenvalue weighted by Gasteiger charge is 2.32. The average molecular weight is 365 g/mol. The Bertz CT molecular complexity index is 989. The first kappa shape index (κ1) is 16.3. The van der Waals surface area contributed by atoms with Crippen molar-refractivity contribution in [3.8, 4) is 11.4 Å². The van der Waals surface area contributed by atoms with Gasteiger partial charge in [0.25, 0.3) is 5.91 Å². The smallest absolute Gasteiger partial charge is 0.283 e. The summed E-state index contributed by atoms with van der Waals surface area (Å²) >= 11 is 1.22. The molecule has 0 bridgehead atoms. The highest BCUT2D eigenvalue weighted by molar-refractivity contribution is 8.25. The lowest BCUT2D eigenvalue weighted by molar-refractivity contribution is -0.114. The predicted molar refractivity (Wildman–Crippen MR) is 103 cm³/mol. The third kappa shape index (κ3) is 2.74. The molecule has 7 nitrogen and oxygen atoms in total. The summed E-state index contributed by atoms with van der Waals surface area (Å²) in [6, 6.07) is 11.4. The van der Waals surface area contributed by atoms with Gasteiger partial charge in [-0.25, -0.2) is 0 Å². The Kier molecular flexibility index (Phi) is 4.18. The summed E-state index contributed by atoms with van der Waals surface area (Å²) in [6.07, 6.45) is 3.55. The minimum Gasteiger partial charge on any atom is -0.492 e. The molecule has 1 amide bonds. The molecule has 0 spiro atoms. The van der Waals surface area contributed by atoms with Crippen molar-refractivity contribution in [2.75, 3.05) is 6.61 Å². The van der Waals surface area contributed by atoms with Crippen LogP contribution in [-0.4, -0.2) is 38.6 Å². The van der Waals surface area contributed by atoms with Gasteiger partial charge in [0.1, 0.15) is 5.75 Å². The first-order valence-electron chi connectivity index (χ1n) is 8.01. The molecule has 0 atom stereocenters. The topological polar surface area (TPSA) is 83.0 Å². The van der Waals surface area contributed by atoms with Crippen molar-refractivity contribution < 1.29 is 9.53 Å². The van der Waals surface area contributed by atoms with Gasteiger partial charge >= 0.3 is 0 Å². The number of nitrogens with zero attached hydrogens (tertiary/aromatic N) is 4. The van der Waals surface area contributed by atoms with Crippen LogP contribution in [0, 0.1) is 5.41 Å². The number of carbonyl (C=O) groups excluding carboxylic acids is 1. The quantitative estimate of drug-likeness (QED) is 0.844. The summed E-state index contributed by atoms with van der Waals surface area (Å²) in [6.45, 7) is 2.49. The number of thioether (sulfide) groups is 1. The van der Waals surface area contributed by atoms with Crippen LogP contribution in [0.25, 0.3) is 11.8 Å². The van der Waals surface area contributed by atoms with Crippen molar-refractivity contribution >= 4 is 40.3 Å². The van der Waals surface area contributed by atoms with Crippen LogP contribution in [0.2, 0.25) is 0 Å². The lowest BCUT2D eigenvalue weighted by Gasteiger charge is -2.20. The van der Waals surface area contributed by atoms with Gasteiger partial charge in [-0.3, -0.25) is 10.2 Å². The van der Waals surface area contributed by atoms with Crippen LogP contribution in [0.1, 0.15) is 12.6 Å². The SMILES string of the molecule is CCOc1ccccc1-n1cccc1/C=C1\C(=N)N2N=CSC2=NC1=O. The van der Waals surface area contributed by atoms with E-state index in [0.29, 0.717) is 11.8 Å². The van der Waals surface area contributed by atoms with E-state index in [-0.39, 0.29) is 11.4 Å². The molecule has 0 fully saturated rings. The monoisotopic (exact) mass is 365 g/mol. The molecular formula is C18H15N5O2S. The number of aliphatic imine (C=N–C) groups is 1. The number of hydrazone groups is 1. The fourth-order valence-electron chi connectivity index (χ4n) is 2.75. The van der Waals surface area contributed by atoms with E-state index in [0.717, 1.165) is 17.1 Å². The number of ether oxygens (including phenoxy) is 1. The number of benzene rings is 1. The van der Waals surface area contributed by atoms with E-state index in [9.17, 15) is 4.79 Å². The van der Waals surface area contributed by atoms with Crippen LogP contribution in [0.3, 0.4) is 0 Å². The number of aromatic nitrogens is 1. The molecule has 130 valence electrons. The summed E-state index contributed by atoms with van der Waals surface area (Å²) in [5.74, 6) is 0.328. The van der Waals surface area contributed by atoms with Gasteiger partial charge in [-0.1, -0.05) is 12.1 Å². The molecule has 0 radical (unpaired) electrons. The maximum Gasteiger partial charge on any atom is 0.283 e. The number of carbonyl (C=O) groups is 1. The molecule has 1 aromatic heterocycles. The van der Waals surface area contributed by atoms with Crippen molar-refractivity contribution in [2.24, 2.45) is 10.1 Å². The number of amides is 1. The first-order chi connectivity index (χ1) is 12.7. The standard InChI is InChI=1S/C18H15N5O2S/c1-2-25-15-8-4-3-7-14(15)22-9-5-6-12(22)10-13-16(19)23-18(21-17(13)24)26-11-20-23/h3-11,19H,2H2,1H3/b13-10+,19-16?. The summed E-state index contributed by atoms with van der Waals surface area (Å²) < 4.78 is 7.62. The first-order valence-corrected chi connectivity index (χ1v) is 8.89. The van der Waals surface area contributed by atoms with Crippen LogP contribution in [-0.2, 0) is 4.79 Å². The molecule has 2 aliphatic rings. The van der Waals surface area contributed by atoms with E-state index in [1.807, 2.05) is 54.1 Å². The molecule has 0 unspecified atom stereocenters. The van der Waals surface area contributed by atoms with Crippen LogP contribution in [0.15, 0.2) is 58.3 Å². The Morgan fingerprint density at radius 2 is 2.12 bits per heavy atom. The van der Waals surface area contributed by atoms with Gasteiger partial charge in [0.15, 0.2) is 11.0 Å². The van der Waals surface area contributed by atoms with Gasteiger partial charge in [-0.2, -0.15) is 15.1 Å². The molecule has 0 aliphatic carbocycles. The van der Waals surface area contributed by atoms with Gasteiger partial charge in [0, 0.05) is 11.9 Å². The maximum atomic E-state index is 12.4. The van der Waals surface area contributed by atoms with Crippen LogP contribution in [0.4, 0.5) is 0 Å². The molecule has 2 aromatic rings. The van der Waals surface area contributed by atoms with Crippen molar-refractivity contribution in [3.05, 3.63) is 53.9 Å². The largest absolute Gasteiger partial charge is 0.492 e. The molecule has 3 heterocycles. The fourth-order valence-corrected chi connectivity index (χ4v) is 3.36. The zero-order valence-electron chi connectivity index (χ0n) is 13.9. The molecule has 8 heteroatoms.